The maximum Gasteiger partial charge on any atom is 0.252 e. The zero-order valence-corrected chi connectivity index (χ0v) is 35.8. The molecule has 0 amide bonds. The quantitative estimate of drug-likeness (QED) is 0.167. The summed E-state index contributed by atoms with van der Waals surface area (Å²) >= 11 is 0. The first-order valence-corrected chi connectivity index (χ1v) is 22.3. The smallest absolute Gasteiger partial charge is 0.252 e. The molecule has 0 saturated heterocycles. The van der Waals surface area contributed by atoms with E-state index in [2.05, 4.69) is 230 Å². The number of hydrogen-bond acceptors (Lipinski definition) is 4. The number of rotatable bonds is 6. The Balaban J connectivity index is 1.37. The highest BCUT2D eigenvalue weighted by Crippen LogP contribution is 2.51. The number of para-hydroxylation sites is 8. The molecule has 0 aliphatic heterocycles. The minimum atomic E-state index is 0.246. The van der Waals surface area contributed by atoms with E-state index in [9.17, 15) is 5.26 Å². The van der Waals surface area contributed by atoms with Crippen molar-refractivity contribution < 1.29 is 4.42 Å². The molecular weight excluding hydrogens is 823 g/mol. The monoisotopic (exact) mass is 857 g/mol. The van der Waals surface area contributed by atoms with Crippen LogP contribution >= 0.6 is 0 Å². The molecular formula is C59H35N7O. The summed E-state index contributed by atoms with van der Waals surface area (Å²) < 4.78 is 16.0. The third-order valence-electron chi connectivity index (χ3n) is 13.6. The number of nitriles is 1. The Hall–Kier alpha value is -9.45. The predicted molar refractivity (Wildman–Crippen MR) is 272 cm³/mol. The molecule has 0 atom stereocenters. The van der Waals surface area contributed by atoms with Crippen LogP contribution in [0.15, 0.2) is 205 Å². The molecule has 0 spiro atoms. The molecule has 0 N–H and O–H groups in total. The van der Waals surface area contributed by atoms with Gasteiger partial charge in [-0.25, -0.2) is 0 Å². The van der Waals surface area contributed by atoms with Crippen LogP contribution in [0, 0.1) is 11.3 Å². The zero-order chi connectivity index (χ0) is 44.3. The first kappa shape index (κ1) is 37.0. The molecule has 0 saturated carbocycles. The van der Waals surface area contributed by atoms with E-state index in [1.54, 1.807) is 6.08 Å². The van der Waals surface area contributed by atoms with Crippen molar-refractivity contribution in [2.24, 2.45) is 0 Å². The van der Waals surface area contributed by atoms with Crippen LogP contribution in [0.1, 0.15) is 11.5 Å². The van der Waals surface area contributed by atoms with Gasteiger partial charge in [0, 0.05) is 43.1 Å². The summed E-state index contributed by atoms with van der Waals surface area (Å²) in [4.78, 5) is 0. The third kappa shape index (κ3) is 4.99. The number of fused-ring (bicyclic) bond motifs is 12. The van der Waals surface area contributed by atoms with E-state index in [-0.39, 0.29) is 11.8 Å². The Bertz CT molecular complexity index is 4240. The highest BCUT2D eigenvalue weighted by molar-refractivity contribution is 6.16. The van der Waals surface area contributed by atoms with Gasteiger partial charge >= 0.3 is 0 Å². The maximum atomic E-state index is 12.4. The molecule has 0 bridgehead atoms. The Kier molecular flexibility index (Phi) is 7.74. The number of hydrogen-bond donors (Lipinski definition) is 0. The van der Waals surface area contributed by atoms with Gasteiger partial charge in [0.25, 0.3) is 5.89 Å². The maximum absolute atomic E-state index is 12.4. The summed E-state index contributed by atoms with van der Waals surface area (Å²) in [7, 11) is 0. The predicted octanol–water partition coefficient (Wildman–Crippen LogP) is 14.6. The summed E-state index contributed by atoms with van der Waals surface area (Å²) in [6, 6.07) is 70.9. The Labute approximate surface area is 382 Å². The van der Waals surface area contributed by atoms with Crippen molar-refractivity contribution in [1.82, 2.24) is 28.5 Å². The molecule has 0 aliphatic carbocycles. The van der Waals surface area contributed by atoms with E-state index in [4.69, 9.17) is 9.52 Å². The van der Waals surface area contributed by atoms with Gasteiger partial charge in [0.15, 0.2) is 0 Å². The molecule has 67 heavy (non-hydrogen) atoms. The molecule has 0 unspecified atom stereocenters. The molecule has 8 heteroatoms. The Morgan fingerprint density at radius 3 is 0.955 bits per heavy atom. The van der Waals surface area contributed by atoms with Gasteiger partial charge in [-0.3, -0.25) is 0 Å². The van der Waals surface area contributed by atoms with Crippen LogP contribution in [0.5, 0.6) is 0 Å². The van der Waals surface area contributed by atoms with Crippen molar-refractivity contribution in [1.29, 1.82) is 5.26 Å². The van der Waals surface area contributed by atoms with Gasteiger partial charge in [-0.05, 0) is 54.6 Å². The van der Waals surface area contributed by atoms with Crippen molar-refractivity contribution in [2.45, 2.75) is 0 Å². The van der Waals surface area contributed by atoms with Crippen LogP contribution in [0.4, 0.5) is 0 Å². The van der Waals surface area contributed by atoms with Crippen molar-refractivity contribution >= 4 is 93.3 Å². The lowest BCUT2D eigenvalue weighted by molar-refractivity contribution is 0.557. The van der Waals surface area contributed by atoms with E-state index in [1.165, 1.54) is 0 Å². The second-order valence-electron chi connectivity index (χ2n) is 16.9. The Morgan fingerprint density at radius 2 is 0.657 bits per heavy atom. The van der Waals surface area contributed by atoms with E-state index >= 15 is 0 Å². The molecule has 0 aliphatic rings. The summed E-state index contributed by atoms with van der Waals surface area (Å²) in [6.45, 7) is 4.05. The van der Waals surface area contributed by atoms with Gasteiger partial charge in [0.05, 0.1) is 72.4 Å². The normalized spacial score (nSPS) is 11.9. The Morgan fingerprint density at radius 1 is 0.373 bits per heavy atom. The lowest BCUT2D eigenvalue weighted by atomic mass is 9.97. The zero-order valence-electron chi connectivity index (χ0n) is 35.8. The van der Waals surface area contributed by atoms with Gasteiger partial charge in [-0.1, -0.05) is 152 Å². The van der Waals surface area contributed by atoms with Crippen molar-refractivity contribution in [3.8, 4) is 40.3 Å². The van der Waals surface area contributed by atoms with Crippen LogP contribution in [-0.4, -0.2) is 28.5 Å². The minimum absolute atomic E-state index is 0.246. The second-order valence-corrected chi connectivity index (χ2v) is 16.9. The average Bonchev–Trinajstić information content (AvgIpc) is 4.21. The van der Waals surface area contributed by atoms with Gasteiger partial charge in [0.1, 0.15) is 11.6 Å². The molecule has 312 valence electrons. The van der Waals surface area contributed by atoms with Crippen LogP contribution in [-0.2, 0) is 0 Å². The molecule has 5 heterocycles. The summed E-state index contributed by atoms with van der Waals surface area (Å²) in [5.74, 6) is 0.510. The first-order chi connectivity index (χ1) is 33.2. The van der Waals surface area contributed by atoms with Crippen LogP contribution in [0.2, 0.25) is 0 Å². The molecule has 14 rings (SSSR count). The summed E-state index contributed by atoms with van der Waals surface area (Å²) in [5, 5.41) is 30.5. The van der Waals surface area contributed by atoms with Gasteiger partial charge in [-0.15, -0.1) is 10.2 Å². The van der Waals surface area contributed by atoms with Gasteiger partial charge in [0.2, 0.25) is 5.89 Å². The number of benzene rings is 9. The molecule has 14 aromatic rings. The first-order valence-electron chi connectivity index (χ1n) is 22.3. The lowest BCUT2D eigenvalue weighted by Crippen LogP contribution is -2.16. The average molecular weight is 858 g/mol. The fraction of sp³-hybridized carbons (Fsp3) is 0. The molecule has 9 aromatic carbocycles. The highest BCUT2D eigenvalue weighted by atomic mass is 16.4. The summed E-state index contributed by atoms with van der Waals surface area (Å²) in [6.07, 6.45) is 1.57. The van der Waals surface area contributed by atoms with E-state index < -0.39 is 0 Å². The fourth-order valence-corrected chi connectivity index (χ4v) is 10.9. The topological polar surface area (TPSA) is 82.4 Å². The fourth-order valence-electron chi connectivity index (χ4n) is 10.9. The van der Waals surface area contributed by atoms with Crippen molar-refractivity contribution in [2.75, 3.05) is 0 Å². The third-order valence-corrected chi connectivity index (χ3v) is 13.6. The lowest BCUT2D eigenvalue weighted by Gasteiger charge is -2.28. The largest absolute Gasteiger partial charge is 0.417 e. The molecule has 0 radical (unpaired) electrons. The standard InChI is InChI=1S/C59H35N7O/c1-2-53-61-62-59(67-53)54-55(63-45-27-11-3-19-36(45)37-20-4-12-28-46(37)63)44(35-60)56(64-47-29-13-5-21-38(47)39-22-6-14-30-48(39)64)58(66-51-33-17-9-25-42(51)43-26-10-18-34-52(43)66)57(54)65-49-31-15-7-23-40(49)41-24-8-16-32-50(41)65/h2-34H,1H2. The number of aromatic nitrogens is 6. The van der Waals surface area contributed by atoms with E-state index in [1.807, 2.05) is 0 Å². The van der Waals surface area contributed by atoms with Crippen molar-refractivity contribution in [3.05, 3.63) is 212 Å². The van der Waals surface area contributed by atoms with E-state index in [0.29, 0.717) is 22.5 Å². The SMILES string of the molecule is C=Cc1nnc(-c2c(-n3c4ccccc4c4ccccc43)c(C#N)c(-n3c4ccccc4c4ccccc43)c(-n3c4ccccc4c4ccccc43)c2-n2c3ccccc3c3ccccc32)o1. The highest BCUT2D eigenvalue weighted by Gasteiger charge is 2.36. The summed E-state index contributed by atoms with van der Waals surface area (Å²) in [5.41, 5.74) is 11.5. The van der Waals surface area contributed by atoms with Gasteiger partial charge < -0.3 is 22.7 Å². The molecule has 5 aromatic heterocycles. The molecule has 8 nitrogen and oxygen atoms in total. The van der Waals surface area contributed by atoms with Gasteiger partial charge in [-0.2, -0.15) is 5.26 Å². The minimum Gasteiger partial charge on any atom is -0.417 e. The van der Waals surface area contributed by atoms with Crippen LogP contribution in [0.25, 0.3) is 128 Å². The van der Waals surface area contributed by atoms with Crippen LogP contribution in [0.3, 0.4) is 0 Å². The van der Waals surface area contributed by atoms with Crippen LogP contribution < -0.4 is 0 Å². The van der Waals surface area contributed by atoms with Crippen molar-refractivity contribution in [3.63, 3.8) is 0 Å². The van der Waals surface area contributed by atoms with E-state index in [0.717, 1.165) is 98.6 Å². The number of nitrogens with zero attached hydrogens (tertiary/aromatic N) is 7. The molecule has 0 fully saturated rings. The second kappa shape index (κ2) is 14.0.